The van der Waals surface area contributed by atoms with Crippen LogP contribution in [0.3, 0.4) is 0 Å². The summed E-state index contributed by atoms with van der Waals surface area (Å²) in [6, 6.07) is 16.0. The summed E-state index contributed by atoms with van der Waals surface area (Å²) in [6.07, 6.45) is 5.66. The summed E-state index contributed by atoms with van der Waals surface area (Å²) in [6.45, 7) is 0. The number of anilines is 3. The molecule has 4 N–H and O–H groups in total. The molecule has 6 nitrogen and oxygen atoms in total. The summed E-state index contributed by atoms with van der Waals surface area (Å²) in [5.41, 5.74) is 1.95. The van der Waals surface area contributed by atoms with Gasteiger partial charge in [-0.3, -0.25) is 0 Å². The van der Waals surface area contributed by atoms with Crippen molar-refractivity contribution in [2.75, 3.05) is 16.0 Å². The number of carbonyl (C=O) groups is 2. The van der Waals surface area contributed by atoms with Crippen molar-refractivity contribution in [2.24, 2.45) is 0 Å². The molecular formula is C20H24N4O2. The number of hydrogen-bond donors (Lipinski definition) is 4. The van der Waals surface area contributed by atoms with E-state index in [4.69, 9.17) is 0 Å². The number of hydrogen-bond acceptors (Lipinski definition) is 2. The molecule has 2 aromatic carbocycles. The summed E-state index contributed by atoms with van der Waals surface area (Å²) >= 11 is 0. The average molecular weight is 352 g/mol. The van der Waals surface area contributed by atoms with Crippen LogP contribution >= 0.6 is 0 Å². The number of amides is 4. The monoisotopic (exact) mass is 352 g/mol. The minimum absolute atomic E-state index is 0.206. The van der Waals surface area contributed by atoms with E-state index >= 15 is 0 Å². The molecule has 2 aromatic rings. The lowest BCUT2D eigenvalue weighted by Crippen LogP contribution is -2.39. The summed E-state index contributed by atoms with van der Waals surface area (Å²) in [7, 11) is 0. The first-order chi connectivity index (χ1) is 12.7. The van der Waals surface area contributed by atoms with Crippen LogP contribution in [0.5, 0.6) is 0 Å². The second kappa shape index (κ2) is 8.89. The summed E-state index contributed by atoms with van der Waals surface area (Å²) < 4.78 is 0. The number of rotatable bonds is 4. The Morgan fingerprint density at radius 3 is 1.96 bits per heavy atom. The van der Waals surface area contributed by atoms with Crippen molar-refractivity contribution in [3.63, 3.8) is 0 Å². The standard InChI is InChI=1S/C20H24N4O2/c25-19(21-15-8-3-1-4-9-15)23-17-12-7-13-18(14-17)24-20(26)22-16-10-5-2-6-11-16/h1,3-4,7-9,12-14,16H,2,5-6,10-11H2,(H2,21,23,25)(H2,22,24,26). The fourth-order valence-corrected chi connectivity index (χ4v) is 3.09. The Hall–Kier alpha value is -3.02. The molecule has 4 amide bonds. The minimum Gasteiger partial charge on any atom is -0.335 e. The highest BCUT2D eigenvalue weighted by molar-refractivity contribution is 6.00. The van der Waals surface area contributed by atoms with Gasteiger partial charge in [0.15, 0.2) is 0 Å². The van der Waals surface area contributed by atoms with Gasteiger partial charge in [0.2, 0.25) is 0 Å². The molecule has 0 unspecified atom stereocenters. The second-order valence-electron chi connectivity index (χ2n) is 6.46. The fraction of sp³-hybridized carbons (Fsp3) is 0.300. The van der Waals surface area contributed by atoms with Gasteiger partial charge in [-0.1, -0.05) is 43.5 Å². The molecule has 1 aliphatic rings. The van der Waals surface area contributed by atoms with Crippen molar-refractivity contribution in [3.8, 4) is 0 Å². The van der Waals surface area contributed by atoms with Crippen LogP contribution in [0, 0.1) is 0 Å². The average Bonchev–Trinajstić information content (AvgIpc) is 2.63. The van der Waals surface area contributed by atoms with Crippen molar-refractivity contribution < 1.29 is 9.59 Å². The van der Waals surface area contributed by atoms with E-state index in [2.05, 4.69) is 21.3 Å². The minimum atomic E-state index is -0.333. The van der Waals surface area contributed by atoms with Crippen LogP contribution in [0.15, 0.2) is 54.6 Å². The third-order valence-electron chi connectivity index (χ3n) is 4.35. The molecule has 0 spiro atoms. The molecule has 3 rings (SSSR count). The topological polar surface area (TPSA) is 82.3 Å². The van der Waals surface area contributed by atoms with Gasteiger partial charge in [-0.05, 0) is 43.2 Å². The molecule has 0 atom stereocenters. The first-order valence-electron chi connectivity index (χ1n) is 9.00. The first kappa shape index (κ1) is 17.8. The zero-order valence-electron chi connectivity index (χ0n) is 14.6. The van der Waals surface area contributed by atoms with E-state index in [1.807, 2.05) is 30.3 Å². The van der Waals surface area contributed by atoms with Crippen molar-refractivity contribution in [1.82, 2.24) is 5.32 Å². The number of nitrogens with one attached hydrogen (secondary N) is 4. The van der Waals surface area contributed by atoms with E-state index in [9.17, 15) is 9.59 Å². The lowest BCUT2D eigenvalue weighted by molar-refractivity contribution is 0.244. The smallest absolute Gasteiger partial charge is 0.323 e. The van der Waals surface area contributed by atoms with E-state index in [0.29, 0.717) is 17.1 Å². The van der Waals surface area contributed by atoms with Crippen LogP contribution in [-0.2, 0) is 0 Å². The van der Waals surface area contributed by atoms with E-state index in [-0.39, 0.29) is 18.1 Å². The molecule has 6 heteroatoms. The Balaban J connectivity index is 1.52. The zero-order chi connectivity index (χ0) is 18.2. The maximum absolute atomic E-state index is 12.1. The molecule has 0 bridgehead atoms. The highest BCUT2D eigenvalue weighted by Crippen LogP contribution is 2.18. The largest absolute Gasteiger partial charge is 0.335 e. The molecule has 0 radical (unpaired) electrons. The third kappa shape index (κ3) is 5.51. The van der Waals surface area contributed by atoms with Crippen LogP contribution < -0.4 is 21.3 Å². The third-order valence-corrected chi connectivity index (χ3v) is 4.35. The first-order valence-corrected chi connectivity index (χ1v) is 9.00. The highest BCUT2D eigenvalue weighted by Gasteiger charge is 2.15. The van der Waals surface area contributed by atoms with Gasteiger partial charge in [-0.15, -0.1) is 0 Å². The van der Waals surface area contributed by atoms with E-state index in [1.54, 1.807) is 24.3 Å². The molecule has 26 heavy (non-hydrogen) atoms. The maximum Gasteiger partial charge on any atom is 0.323 e. The highest BCUT2D eigenvalue weighted by atomic mass is 16.2. The van der Waals surface area contributed by atoms with Gasteiger partial charge >= 0.3 is 12.1 Å². The number of urea groups is 2. The van der Waals surface area contributed by atoms with Gasteiger partial charge < -0.3 is 21.3 Å². The predicted molar refractivity (Wildman–Crippen MR) is 105 cm³/mol. The maximum atomic E-state index is 12.1. The van der Waals surface area contributed by atoms with Crippen molar-refractivity contribution >= 4 is 29.1 Å². The Bertz CT molecular complexity index is 742. The number of para-hydroxylation sites is 1. The lowest BCUT2D eigenvalue weighted by atomic mass is 9.96. The quantitative estimate of drug-likeness (QED) is 0.638. The van der Waals surface area contributed by atoms with Crippen LogP contribution in [0.4, 0.5) is 26.7 Å². The molecular weight excluding hydrogens is 328 g/mol. The molecule has 0 aliphatic heterocycles. The van der Waals surface area contributed by atoms with E-state index < -0.39 is 0 Å². The zero-order valence-corrected chi connectivity index (χ0v) is 14.6. The number of benzene rings is 2. The van der Waals surface area contributed by atoms with Gasteiger partial charge in [-0.25, -0.2) is 9.59 Å². The molecule has 0 aromatic heterocycles. The molecule has 0 heterocycles. The molecule has 0 saturated heterocycles. The normalized spacial score (nSPS) is 14.3. The Morgan fingerprint density at radius 1 is 0.692 bits per heavy atom. The molecule has 1 aliphatic carbocycles. The Kier molecular flexibility index (Phi) is 6.09. The Morgan fingerprint density at radius 2 is 1.27 bits per heavy atom. The van der Waals surface area contributed by atoms with Crippen LogP contribution in [0.1, 0.15) is 32.1 Å². The fourth-order valence-electron chi connectivity index (χ4n) is 3.09. The van der Waals surface area contributed by atoms with Gasteiger partial charge in [0.05, 0.1) is 0 Å². The van der Waals surface area contributed by atoms with Gasteiger partial charge in [0.25, 0.3) is 0 Å². The van der Waals surface area contributed by atoms with Crippen molar-refractivity contribution in [2.45, 2.75) is 38.1 Å². The van der Waals surface area contributed by atoms with E-state index in [0.717, 1.165) is 12.8 Å². The summed E-state index contributed by atoms with van der Waals surface area (Å²) in [5, 5.41) is 11.4. The predicted octanol–water partition coefficient (Wildman–Crippen LogP) is 4.78. The number of carbonyl (C=O) groups excluding carboxylic acids is 2. The van der Waals surface area contributed by atoms with Crippen LogP contribution in [-0.4, -0.2) is 18.1 Å². The SMILES string of the molecule is O=C(Nc1ccccc1)Nc1cccc(NC(=O)NC2CCCCC2)c1. The summed E-state index contributed by atoms with van der Waals surface area (Å²) in [5.74, 6) is 0. The van der Waals surface area contributed by atoms with Crippen molar-refractivity contribution in [3.05, 3.63) is 54.6 Å². The van der Waals surface area contributed by atoms with Crippen LogP contribution in [0.25, 0.3) is 0 Å². The molecule has 136 valence electrons. The summed E-state index contributed by atoms with van der Waals surface area (Å²) in [4.78, 5) is 24.2. The second-order valence-corrected chi connectivity index (χ2v) is 6.46. The van der Waals surface area contributed by atoms with Gasteiger partial charge in [0.1, 0.15) is 0 Å². The Labute approximate surface area is 153 Å². The molecule has 1 saturated carbocycles. The van der Waals surface area contributed by atoms with Crippen molar-refractivity contribution in [1.29, 1.82) is 0 Å². The van der Waals surface area contributed by atoms with Gasteiger partial charge in [0, 0.05) is 23.1 Å². The van der Waals surface area contributed by atoms with Crippen LogP contribution in [0.2, 0.25) is 0 Å². The van der Waals surface area contributed by atoms with Gasteiger partial charge in [-0.2, -0.15) is 0 Å². The molecule has 1 fully saturated rings. The van der Waals surface area contributed by atoms with E-state index in [1.165, 1.54) is 19.3 Å². The lowest BCUT2D eigenvalue weighted by Gasteiger charge is -2.22.